The van der Waals surface area contributed by atoms with Gasteiger partial charge in [-0.2, -0.15) is 9.30 Å². The largest absolute Gasteiger partial charge is 0.305 e. The fourth-order valence-electron chi connectivity index (χ4n) is 3.81. The van der Waals surface area contributed by atoms with Gasteiger partial charge in [0.1, 0.15) is 0 Å². The quantitative estimate of drug-likeness (QED) is 0.472. The van der Waals surface area contributed by atoms with E-state index in [1.165, 1.54) is 39.9 Å². The SMILES string of the molecule is C#CCn1c(=NC(=O)c2ccc(S(=O)(=O)N3CCCC(C)C3)cc2)sc2cc(Br)ccc21. The molecule has 9 heteroatoms. The molecule has 1 aromatic heterocycles. The van der Waals surface area contributed by atoms with Crippen molar-refractivity contribution in [1.82, 2.24) is 8.87 Å². The predicted molar refractivity (Wildman–Crippen MR) is 130 cm³/mol. The number of piperidine rings is 1. The Kier molecular flexibility index (Phi) is 6.67. The Morgan fingerprint density at radius 3 is 2.72 bits per heavy atom. The molecule has 2 aromatic carbocycles. The Bertz CT molecular complexity index is 1380. The van der Waals surface area contributed by atoms with Crippen LogP contribution in [-0.4, -0.2) is 36.3 Å². The molecule has 6 nitrogen and oxygen atoms in total. The number of hydrogen-bond acceptors (Lipinski definition) is 4. The molecular weight excluding hydrogens is 510 g/mol. The van der Waals surface area contributed by atoms with Gasteiger partial charge < -0.3 is 4.57 Å². The maximum absolute atomic E-state index is 12.9. The van der Waals surface area contributed by atoms with Gasteiger partial charge in [-0.25, -0.2) is 8.42 Å². The molecule has 1 unspecified atom stereocenters. The fraction of sp³-hybridized carbons (Fsp3) is 0.304. The van der Waals surface area contributed by atoms with Gasteiger partial charge in [-0.05, 0) is 61.2 Å². The zero-order valence-corrected chi connectivity index (χ0v) is 20.7. The number of amides is 1. The highest BCUT2D eigenvalue weighted by Gasteiger charge is 2.28. The highest BCUT2D eigenvalue weighted by atomic mass is 79.9. The highest BCUT2D eigenvalue weighted by Crippen LogP contribution is 2.24. The van der Waals surface area contributed by atoms with Crippen LogP contribution in [0, 0.1) is 18.3 Å². The average molecular weight is 532 g/mol. The molecule has 0 aliphatic carbocycles. The lowest BCUT2D eigenvalue weighted by Gasteiger charge is -2.30. The van der Waals surface area contributed by atoms with E-state index in [-0.39, 0.29) is 4.90 Å². The average Bonchev–Trinajstić information content (AvgIpc) is 3.10. The molecule has 2 heterocycles. The second kappa shape index (κ2) is 9.32. The number of carbonyl (C=O) groups is 1. The molecule has 1 saturated heterocycles. The number of thiazole rings is 1. The molecule has 166 valence electrons. The normalized spacial score (nSPS) is 18.0. The molecule has 3 aromatic rings. The molecule has 0 bridgehead atoms. The van der Waals surface area contributed by atoms with Gasteiger partial charge in [0.05, 0.1) is 21.7 Å². The van der Waals surface area contributed by atoms with Crippen molar-refractivity contribution in [2.75, 3.05) is 13.1 Å². The second-order valence-electron chi connectivity index (χ2n) is 7.84. The minimum absolute atomic E-state index is 0.192. The van der Waals surface area contributed by atoms with E-state index < -0.39 is 15.9 Å². The van der Waals surface area contributed by atoms with Gasteiger partial charge in [0, 0.05) is 23.1 Å². The summed E-state index contributed by atoms with van der Waals surface area (Å²) in [5, 5.41) is 0. The summed E-state index contributed by atoms with van der Waals surface area (Å²) in [6, 6.07) is 11.8. The molecule has 0 saturated carbocycles. The van der Waals surface area contributed by atoms with Crippen molar-refractivity contribution in [3.63, 3.8) is 0 Å². The fourth-order valence-corrected chi connectivity index (χ4v) is 6.99. The lowest BCUT2D eigenvalue weighted by molar-refractivity contribution is 0.0998. The van der Waals surface area contributed by atoms with Crippen LogP contribution in [0.25, 0.3) is 10.2 Å². The minimum atomic E-state index is -3.57. The van der Waals surface area contributed by atoms with Crippen LogP contribution in [0.5, 0.6) is 0 Å². The number of sulfonamides is 1. The van der Waals surface area contributed by atoms with E-state index in [4.69, 9.17) is 6.42 Å². The molecule has 1 amide bonds. The number of halogens is 1. The van der Waals surface area contributed by atoms with Crippen LogP contribution >= 0.6 is 27.3 Å². The van der Waals surface area contributed by atoms with Crippen molar-refractivity contribution in [3.8, 4) is 12.3 Å². The molecule has 32 heavy (non-hydrogen) atoms. The van der Waals surface area contributed by atoms with Crippen molar-refractivity contribution in [1.29, 1.82) is 0 Å². The van der Waals surface area contributed by atoms with Crippen LogP contribution in [0.1, 0.15) is 30.1 Å². The van der Waals surface area contributed by atoms with Crippen LogP contribution in [0.3, 0.4) is 0 Å². The van der Waals surface area contributed by atoms with Gasteiger partial charge >= 0.3 is 0 Å². The highest BCUT2D eigenvalue weighted by molar-refractivity contribution is 9.10. The molecule has 0 radical (unpaired) electrons. The Morgan fingerprint density at radius 1 is 1.28 bits per heavy atom. The van der Waals surface area contributed by atoms with Gasteiger partial charge in [-0.1, -0.05) is 40.1 Å². The summed E-state index contributed by atoms with van der Waals surface area (Å²) >= 11 is 4.83. The summed E-state index contributed by atoms with van der Waals surface area (Å²) in [5.74, 6) is 2.50. The first-order valence-corrected chi connectivity index (χ1v) is 13.3. The molecule has 0 spiro atoms. The van der Waals surface area contributed by atoms with Gasteiger partial charge in [0.25, 0.3) is 5.91 Å². The van der Waals surface area contributed by atoms with Crippen molar-refractivity contribution in [2.45, 2.75) is 31.2 Å². The third-order valence-electron chi connectivity index (χ3n) is 5.45. The first-order chi connectivity index (χ1) is 15.3. The number of rotatable bonds is 4. The number of benzene rings is 2. The van der Waals surface area contributed by atoms with Crippen LogP contribution in [0.4, 0.5) is 0 Å². The molecule has 1 aliphatic heterocycles. The molecule has 1 atom stereocenters. The van der Waals surface area contributed by atoms with Crippen molar-refractivity contribution in [3.05, 3.63) is 57.3 Å². The van der Waals surface area contributed by atoms with Gasteiger partial charge in [-0.15, -0.1) is 6.42 Å². The summed E-state index contributed by atoms with van der Waals surface area (Å²) in [4.78, 5) is 17.8. The zero-order chi connectivity index (χ0) is 22.9. The van der Waals surface area contributed by atoms with Crippen LogP contribution < -0.4 is 4.80 Å². The van der Waals surface area contributed by atoms with E-state index in [0.717, 1.165) is 27.5 Å². The summed E-state index contributed by atoms with van der Waals surface area (Å²) in [7, 11) is -3.57. The van der Waals surface area contributed by atoms with E-state index >= 15 is 0 Å². The number of terminal acetylenes is 1. The molecule has 1 aliphatic rings. The third-order valence-corrected chi connectivity index (χ3v) is 8.86. The van der Waals surface area contributed by atoms with Crippen molar-refractivity contribution in [2.24, 2.45) is 10.9 Å². The first kappa shape index (κ1) is 22.9. The summed E-state index contributed by atoms with van der Waals surface area (Å²) in [6.07, 6.45) is 7.41. The molecule has 4 rings (SSSR count). The number of hydrogen-bond donors (Lipinski definition) is 0. The lowest BCUT2D eigenvalue weighted by atomic mass is 10.0. The van der Waals surface area contributed by atoms with Crippen molar-refractivity contribution >= 4 is 53.4 Å². The van der Waals surface area contributed by atoms with Crippen LogP contribution in [0.2, 0.25) is 0 Å². The number of nitrogens with zero attached hydrogens (tertiary/aromatic N) is 3. The lowest BCUT2D eigenvalue weighted by Crippen LogP contribution is -2.39. The third kappa shape index (κ3) is 4.59. The van der Waals surface area contributed by atoms with Gasteiger partial charge in [0.2, 0.25) is 10.0 Å². The van der Waals surface area contributed by atoms with E-state index in [1.54, 1.807) is 0 Å². The monoisotopic (exact) mass is 531 g/mol. The second-order valence-corrected chi connectivity index (χ2v) is 11.7. The standard InChI is InChI=1S/C23H22BrN3O3S2/c1-3-12-27-20-11-8-18(24)14-21(20)31-23(27)25-22(28)17-6-9-19(10-7-17)32(29,30)26-13-4-5-16(2)15-26/h1,6-11,14,16H,4-5,12-13,15H2,2H3. The maximum Gasteiger partial charge on any atom is 0.279 e. The number of fused-ring (bicyclic) bond motifs is 1. The summed E-state index contributed by atoms with van der Waals surface area (Å²) < 4.78 is 31.1. The molecule has 1 fully saturated rings. The number of carbonyl (C=O) groups excluding carboxylic acids is 1. The smallest absolute Gasteiger partial charge is 0.279 e. The Labute approximate surface area is 199 Å². The minimum Gasteiger partial charge on any atom is -0.305 e. The zero-order valence-electron chi connectivity index (χ0n) is 17.5. The first-order valence-electron chi connectivity index (χ1n) is 10.2. The van der Waals surface area contributed by atoms with Gasteiger partial charge in [0.15, 0.2) is 4.80 Å². The molecule has 0 N–H and O–H groups in total. The molecular formula is C23H22BrN3O3S2. The Morgan fingerprint density at radius 2 is 2.03 bits per heavy atom. The Balaban J connectivity index is 1.64. The van der Waals surface area contributed by atoms with E-state index in [9.17, 15) is 13.2 Å². The Hall–Kier alpha value is -2.25. The van der Waals surface area contributed by atoms with E-state index in [0.29, 0.717) is 35.9 Å². The topological polar surface area (TPSA) is 71.7 Å². The number of aromatic nitrogens is 1. The van der Waals surface area contributed by atoms with E-state index in [1.807, 2.05) is 22.8 Å². The predicted octanol–water partition coefficient (Wildman–Crippen LogP) is 4.26. The van der Waals surface area contributed by atoms with Gasteiger partial charge in [-0.3, -0.25) is 4.79 Å². The summed E-state index contributed by atoms with van der Waals surface area (Å²) in [6.45, 7) is 3.40. The van der Waals surface area contributed by atoms with E-state index in [2.05, 4.69) is 33.8 Å². The van der Waals surface area contributed by atoms with Crippen LogP contribution in [-0.2, 0) is 16.6 Å². The summed E-state index contributed by atoms with van der Waals surface area (Å²) in [5.41, 5.74) is 1.22. The van der Waals surface area contributed by atoms with Crippen molar-refractivity contribution < 1.29 is 13.2 Å². The van der Waals surface area contributed by atoms with Crippen LogP contribution in [0.15, 0.2) is 56.8 Å². The maximum atomic E-state index is 12.9.